The lowest BCUT2D eigenvalue weighted by atomic mass is 11.9. The second-order valence-corrected chi connectivity index (χ2v) is 1.46. The summed E-state index contributed by atoms with van der Waals surface area (Å²) in [6, 6.07) is 0. The molecule has 0 aliphatic rings. The van der Waals surface area contributed by atoms with E-state index in [9.17, 15) is 0 Å². The summed E-state index contributed by atoms with van der Waals surface area (Å²) in [6.45, 7) is 1.93. The molecule has 0 aromatic heterocycles. The minimum absolute atomic E-state index is 0.378. The van der Waals surface area contributed by atoms with Gasteiger partial charge in [-0.05, 0) is 10.4 Å². The van der Waals surface area contributed by atoms with Crippen molar-refractivity contribution in [3.8, 4) is 0 Å². The molecule has 0 aliphatic heterocycles. The lowest BCUT2D eigenvalue weighted by Gasteiger charge is -1.55. The number of nitrogens with zero attached hydrogens (tertiary/aromatic N) is 3. The Bertz CT molecular complexity index is 53.9. The van der Waals surface area contributed by atoms with E-state index in [4.69, 9.17) is 5.53 Å². The number of hydrogen-bond acceptors (Lipinski definition) is 1. The zero-order valence-electron chi connectivity index (χ0n) is 3.05. The van der Waals surface area contributed by atoms with Crippen LogP contribution in [0.1, 0.15) is 0 Å². The molecule has 0 saturated heterocycles. The Morgan fingerprint density at radius 1 is 2.00 bits per heavy atom. The minimum atomic E-state index is -0.378. The first kappa shape index (κ1) is 4.53. The summed E-state index contributed by atoms with van der Waals surface area (Å²) in [4.78, 5) is 2.54. The monoisotopic (exact) mass is 87.0 g/mol. The Labute approximate surface area is 32.5 Å². The molecule has 0 N–H and O–H groups in total. The SMILES string of the molecule is C[SiH2]N=[N+]=[N-]. The topological polar surface area (TPSA) is 48.8 Å². The lowest BCUT2D eigenvalue weighted by Crippen LogP contribution is -1.60. The van der Waals surface area contributed by atoms with Gasteiger partial charge < -0.3 is 0 Å². The van der Waals surface area contributed by atoms with Crippen molar-refractivity contribution >= 4 is 9.68 Å². The first-order valence-corrected chi connectivity index (χ1v) is 3.47. The molecule has 0 spiro atoms. The third-order valence-corrected chi connectivity index (χ3v) is 0.614. The molecule has 3 nitrogen and oxygen atoms in total. The number of hydrogen-bond donors (Lipinski definition) is 0. The molecule has 0 saturated carbocycles. The van der Waals surface area contributed by atoms with Crippen LogP contribution in [0.3, 0.4) is 0 Å². The van der Waals surface area contributed by atoms with E-state index in [0.29, 0.717) is 0 Å². The number of rotatable bonds is 1. The van der Waals surface area contributed by atoms with E-state index in [1.165, 1.54) is 0 Å². The molecule has 0 amide bonds. The molecular formula is CH5N3Si. The van der Waals surface area contributed by atoms with Crippen LogP contribution in [0.5, 0.6) is 0 Å². The van der Waals surface area contributed by atoms with Gasteiger partial charge in [0.05, 0.1) is 0 Å². The van der Waals surface area contributed by atoms with E-state index >= 15 is 0 Å². The van der Waals surface area contributed by atoms with E-state index in [1.807, 2.05) is 6.55 Å². The van der Waals surface area contributed by atoms with E-state index < -0.39 is 0 Å². The van der Waals surface area contributed by atoms with Gasteiger partial charge in [0.25, 0.3) is 0 Å². The lowest BCUT2D eigenvalue weighted by molar-refractivity contribution is 1.72. The molecule has 4 heteroatoms. The smallest absolute Gasteiger partial charge is 0.120 e. The molecular weight excluding hydrogens is 82.1 g/mol. The van der Waals surface area contributed by atoms with Gasteiger partial charge in [-0.15, -0.1) is 4.78 Å². The fourth-order valence-corrected chi connectivity index (χ4v) is 0.190. The third-order valence-electron chi connectivity index (χ3n) is 0.205. The maximum atomic E-state index is 7.56. The summed E-state index contributed by atoms with van der Waals surface area (Å²) in [5, 5.41) is 0. The Hall–Kier alpha value is -0.473. The second-order valence-electron chi connectivity index (χ2n) is 0.547. The van der Waals surface area contributed by atoms with Crippen molar-refractivity contribution < 1.29 is 0 Å². The summed E-state index contributed by atoms with van der Waals surface area (Å²) in [5.74, 6) is 0. The van der Waals surface area contributed by atoms with Crippen molar-refractivity contribution in [2.24, 2.45) is 4.78 Å². The van der Waals surface area contributed by atoms with Crippen LogP contribution in [0.15, 0.2) is 4.78 Å². The molecule has 0 aromatic rings. The van der Waals surface area contributed by atoms with Gasteiger partial charge >= 0.3 is 0 Å². The van der Waals surface area contributed by atoms with Crippen LogP contribution in [-0.2, 0) is 0 Å². The Balaban J connectivity index is 2.93. The summed E-state index contributed by atoms with van der Waals surface area (Å²) in [5.41, 5.74) is 7.56. The summed E-state index contributed by atoms with van der Waals surface area (Å²) >= 11 is 0. The predicted octanol–water partition coefficient (Wildman–Crippen LogP) is 0.429. The Kier molecular flexibility index (Phi) is 3.19. The average molecular weight is 87.2 g/mol. The van der Waals surface area contributed by atoms with Gasteiger partial charge in [0.1, 0.15) is 9.68 Å². The van der Waals surface area contributed by atoms with E-state index in [-0.39, 0.29) is 9.68 Å². The highest BCUT2D eigenvalue weighted by Crippen LogP contribution is 1.57. The van der Waals surface area contributed by atoms with Crippen LogP contribution >= 0.6 is 0 Å². The summed E-state index contributed by atoms with van der Waals surface area (Å²) < 4.78 is 3.29. The average Bonchev–Trinajstić information content (AvgIpc) is 1.41. The minimum Gasteiger partial charge on any atom is -0.132 e. The van der Waals surface area contributed by atoms with Crippen molar-refractivity contribution in [3.63, 3.8) is 0 Å². The summed E-state index contributed by atoms with van der Waals surface area (Å²) in [6.07, 6.45) is 0. The largest absolute Gasteiger partial charge is 0.132 e. The Morgan fingerprint density at radius 3 is 2.60 bits per heavy atom. The first-order valence-electron chi connectivity index (χ1n) is 1.42. The molecule has 0 bridgehead atoms. The maximum absolute atomic E-state index is 7.56. The molecule has 0 aromatic carbocycles. The van der Waals surface area contributed by atoms with Gasteiger partial charge in [-0.3, -0.25) is 0 Å². The number of azide groups is 1. The maximum Gasteiger partial charge on any atom is 0.120 e. The van der Waals surface area contributed by atoms with Crippen LogP contribution in [0, 0.1) is 0 Å². The highest BCUT2D eigenvalue weighted by Gasteiger charge is 1.54. The van der Waals surface area contributed by atoms with Gasteiger partial charge in [0.2, 0.25) is 0 Å². The normalized spacial score (nSPS) is 8.20. The standard InChI is InChI=1S/CH5N3Si/c1-5-4-3-2/h5H2,1H3. The highest BCUT2D eigenvalue weighted by atomic mass is 28.2. The van der Waals surface area contributed by atoms with Gasteiger partial charge in [-0.25, -0.2) is 0 Å². The second kappa shape index (κ2) is 3.53. The van der Waals surface area contributed by atoms with E-state index in [1.54, 1.807) is 0 Å². The van der Waals surface area contributed by atoms with E-state index in [0.717, 1.165) is 0 Å². The van der Waals surface area contributed by atoms with Gasteiger partial charge in [0, 0.05) is 0 Å². The molecule has 0 heterocycles. The molecule has 28 valence electrons. The van der Waals surface area contributed by atoms with Crippen LogP contribution in [-0.4, -0.2) is 9.68 Å². The quantitative estimate of drug-likeness (QED) is 0.193. The molecule has 0 unspecified atom stereocenters. The van der Waals surface area contributed by atoms with Crippen LogP contribution < -0.4 is 0 Å². The zero-order chi connectivity index (χ0) is 4.12. The van der Waals surface area contributed by atoms with Crippen molar-refractivity contribution in [1.82, 2.24) is 0 Å². The molecule has 0 radical (unpaired) electrons. The molecule has 5 heavy (non-hydrogen) atoms. The van der Waals surface area contributed by atoms with E-state index in [2.05, 4.69) is 9.69 Å². The van der Waals surface area contributed by atoms with Crippen LogP contribution in [0.25, 0.3) is 10.4 Å². The molecule has 0 aliphatic carbocycles. The van der Waals surface area contributed by atoms with Gasteiger partial charge in [-0.1, -0.05) is 6.55 Å². The van der Waals surface area contributed by atoms with Crippen molar-refractivity contribution in [1.29, 1.82) is 0 Å². The molecule has 0 atom stereocenters. The Morgan fingerprint density at radius 2 is 2.60 bits per heavy atom. The van der Waals surface area contributed by atoms with Crippen LogP contribution in [0.2, 0.25) is 6.55 Å². The van der Waals surface area contributed by atoms with Gasteiger partial charge in [0.15, 0.2) is 0 Å². The van der Waals surface area contributed by atoms with Gasteiger partial charge in [-0.2, -0.15) is 0 Å². The molecule has 0 fully saturated rings. The summed E-state index contributed by atoms with van der Waals surface area (Å²) in [7, 11) is -0.378. The highest BCUT2D eigenvalue weighted by molar-refractivity contribution is 6.30. The third kappa shape index (κ3) is 3.53. The van der Waals surface area contributed by atoms with Crippen molar-refractivity contribution in [2.75, 3.05) is 0 Å². The fourth-order valence-electron chi connectivity index (χ4n) is 0.0632. The molecule has 0 rings (SSSR count). The fraction of sp³-hybridized carbons (Fsp3) is 1.00. The first-order chi connectivity index (χ1) is 2.41. The van der Waals surface area contributed by atoms with Crippen molar-refractivity contribution in [2.45, 2.75) is 6.55 Å². The predicted molar refractivity (Wildman–Crippen MR) is 23.6 cm³/mol. The van der Waals surface area contributed by atoms with Crippen molar-refractivity contribution in [3.05, 3.63) is 10.4 Å². The van der Waals surface area contributed by atoms with Crippen LogP contribution in [0.4, 0.5) is 0 Å². The zero-order valence-corrected chi connectivity index (χ0v) is 4.46.